The molecule has 0 N–H and O–H groups in total. The fourth-order valence-corrected chi connectivity index (χ4v) is 1.31. The Balaban J connectivity index is 2.98. The Morgan fingerprint density at radius 1 is 1.38 bits per heavy atom. The van der Waals surface area contributed by atoms with Gasteiger partial charge in [0, 0.05) is 6.08 Å². The molecule has 0 aliphatic heterocycles. The van der Waals surface area contributed by atoms with Gasteiger partial charge in [0.15, 0.2) is 0 Å². The minimum absolute atomic E-state index is 0.416. The molecule has 2 heteroatoms. The molecule has 0 saturated heterocycles. The van der Waals surface area contributed by atoms with E-state index in [2.05, 4.69) is 0 Å². The molecule has 0 amide bonds. The minimum Gasteiger partial charge on any atom is -0.276 e. The Labute approximate surface area is 83.0 Å². The summed E-state index contributed by atoms with van der Waals surface area (Å²) >= 11 is 5.29. The van der Waals surface area contributed by atoms with Crippen LogP contribution in [0.15, 0.2) is 36.4 Å². The number of benzene rings is 1. The van der Waals surface area contributed by atoms with Gasteiger partial charge in [-0.25, -0.2) is 0 Å². The van der Waals surface area contributed by atoms with E-state index in [9.17, 15) is 4.79 Å². The summed E-state index contributed by atoms with van der Waals surface area (Å²) in [5.74, 6) is 0. The van der Waals surface area contributed by atoms with Crippen LogP contribution in [-0.4, -0.2) is 5.24 Å². The topological polar surface area (TPSA) is 17.1 Å². The SMILES string of the molecule is CC/C(=C\C(=O)Cl)c1ccccc1. The first-order valence-electron chi connectivity index (χ1n) is 4.19. The molecule has 0 radical (unpaired) electrons. The zero-order valence-corrected chi connectivity index (χ0v) is 8.21. The maximum Gasteiger partial charge on any atom is 0.245 e. The monoisotopic (exact) mass is 194 g/mol. The van der Waals surface area contributed by atoms with E-state index in [0.29, 0.717) is 0 Å². The Bertz CT molecular complexity index is 314. The van der Waals surface area contributed by atoms with Gasteiger partial charge in [-0.05, 0) is 29.2 Å². The molecule has 0 aliphatic rings. The largest absolute Gasteiger partial charge is 0.276 e. The zero-order chi connectivity index (χ0) is 9.68. The fourth-order valence-electron chi connectivity index (χ4n) is 1.18. The molecule has 0 fully saturated rings. The van der Waals surface area contributed by atoms with Crippen LogP contribution in [-0.2, 0) is 4.79 Å². The van der Waals surface area contributed by atoms with Gasteiger partial charge in [0.2, 0.25) is 5.24 Å². The first-order valence-corrected chi connectivity index (χ1v) is 4.57. The van der Waals surface area contributed by atoms with E-state index in [1.54, 1.807) is 0 Å². The number of halogens is 1. The fraction of sp³-hybridized carbons (Fsp3) is 0.182. The van der Waals surface area contributed by atoms with E-state index >= 15 is 0 Å². The lowest BCUT2D eigenvalue weighted by atomic mass is 10.0. The van der Waals surface area contributed by atoms with Crippen LogP contribution in [0.3, 0.4) is 0 Å². The summed E-state index contributed by atoms with van der Waals surface area (Å²) in [5.41, 5.74) is 2.03. The van der Waals surface area contributed by atoms with E-state index in [1.165, 1.54) is 6.08 Å². The predicted octanol–water partition coefficient (Wildman–Crippen LogP) is 3.25. The summed E-state index contributed by atoms with van der Waals surface area (Å²) < 4.78 is 0. The Morgan fingerprint density at radius 2 is 2.00 bits per heavy atom. The molecular weight excluding hydrogens is 184 g/mol. The average Bonchev–Trinajstić information content (AvgIpc) is 2.15. The molecule has 0 spiro atoms. The van der Waals surface area contributed by atoms with Crippen molar-refractivity contribution in [2.24, 2.45) is 0 Å². The van der Waals surface area contributed by atoms with Crippen LogP contribution < -0.4 is 0 Å². The first kappa shape index (κ1) is 10.0. The van der Waals surface area contributed by atoms with E-state index in [4.69, 9.17) is 11.6 Å². The summed E-state index contributed by atoms with van der Waals surface area (Å²) in [6, 6.07) is 9.76. The van der Waals surface area contributed by atoms with Crippen molar-refractivity contribution >= 4 is 22.4 Å². The highest BCUT2D eigenvalue weighted by Gasteiger charge is 1.99. The van der Waals surface area contributed by atoms with Gasteiger partial charge < -0.3 is 0 Å². The van der Waals surface area contributed by atoms with Crippen LogP contribution in [0.25, 0.3) is 5.57 Å². The van der Waals surface area contributed by atoms with Gasteiger partial charge in [-0.1, -0.05) is 37.3 Å². The van der Waals surface area contributed by atoms with Crippen molar-refractivity contribution in [2.45, 2.75) is 13.3 Å². The lowest BCUT2D eigenvalue weighted by molar-refractivity contribution is -0.107. The molecular formula is C11H11ClO. The summed E-state index contributed by atoms with van der Waals surface area (Å²) in [7, 11) is 0. The molecule has 0 saturated carbocycles. The lowest BCUT2D eigenvalue weighted by Gasteiger charge is -2.02. The quantitative estimate of drug-likeness (QED) is 0.533. The third kappa shape index (κ3) is 3.03. The normalized spacial score (nSPS) is 11.4. The van der Waals surface area contributed by atoms with Crippen LogP contribution in [0.2, 0.25) is 0 Å². The van der Waals surface area contributed by atoms with E-state index in [1.807, 2.05) is 37.3 Å². The Morgan fingerprint density at radius 3 is 2.46 bits per heavy atom. The molecule has 0 heterocycles. The highest BCUT2D eigenvalue weighted by molar-refractivity contribution is 6.67. The molecule has 0 aromatic heterocycles. The summed E-state index contributed by atoms with van der Waals surface area (Å²) in [4.78, 5) is 10.7. The van der Waals surface area contributed by atoms with Gasteiger partial charge >= 0.3 is 0 Å². The van der Waals surface area contributed by atoms with Gasteiger partial charge in [0.25, 0.3) is 0 Å². The molecule has 1 aromatic rings. The predicted molar refractivity (Wildman–Crippen MR) is 55.6 cm³/mol. The second kappa shape index (κ2) is 4.83. The third-order valence-electron chi connectivity index (χ3n) is 1.81. The first-order chi connectivity index (χ1) is 6.24. The number of carbonyl (C=O) groups is 1. The second-order valence-corrected chi connectivity index (χ2v) is 3.07. The van der Waals surface area contributed by atoms with Crippen LogP contribution in [0.1, 0.15) is 18.9 Å². The molecule has 1 rings (SSSR count). The molecule has 0 bridgehead atoms. The van der Waals surface area contributed by atoms with Crippen molar-refractivity contribution in [1.82, 2.24) is 0 Å². The molecule has 1 nitrogen and oxygen atoms in total. The second-order valence-electron chi connectivity index (χ2n) is 2.69. The van der Waals surface area contributed by atoms with Gasteiger partial charge in [0.05, 0.1) is 0 Å². The van der Waals surface area contributed by atoms with Gasteiger partial charge in [0.1, 0.15) is 0 Å². The van der Waals surface area contributed by atoms with Gasteiger partial charge in [-0.2, -0.15) is 0 Å². The lowest BCUT2D eigenvalue weighted by Crippen LogP contribution is -1.86. The van der Waals surface area contributed by atoms with Crippen LogP contribution in [0.4, 0.5) is 0 Å². The van der Waals surface area contributed by atoms with Gasteiger partial charge in [-0.15, -0.1) is 0 Å². The summed E-state index contributed by atoms with van der Waals surface area (Å²) in [5, 5.41) is -0.416. The highest BCUT2D eigenvalue weighted by atomic mass is 35.5. The molecule has 68 valence electrons. The van der Waals surface area contributed by atoms with Crippen molar-refractivity contribution in [2.75, 3.05) is 0 Å². The Kier molecular flexibility index (Phi) is 3.71. The molecule has 1 aromatic carbocycles. The van der Waals surface area contributed by atoms with Crippen molar-refractivity contribution in [1.29, 1.82) is 0 Å². The van der Waals surface area contributed by atoms with Crippen molar-refractivity contribution in [3.8, 4) is 0 Å². The van der Waals surface area contributed by atoms with Crippen LogP contribution in [0, 0.1) is 0 Å². The van der Waals surface area contributed by atoms with Crippen LogP contribution >= 0.6 is 11.6 Å². The summed E-state index contributed by atoms with van der Waals surface area (Å²) in [6.45, 7) is 2.00. The molecule has 13 heavy (non-hydrogen) atoms. The van der Waals surface area contributed by atoms with E-state index in [-0.39, 0.29) is 0 Å². The zero-order valence-electron chi connectivity index (χ0n) is 7.46. The third-order valence-corrected chi connectivity index (χ3v) is 1.92. The van der Waals surface area contributed by atoms with Crippen molar-refractivity contribution in [3.63, 3.8) is 0 Å². The molecule has 0 unspecified atom stereocenters. The standard InChI is InChI=1S/C11H11ClO/c1-2-9(8-11(12)13)10-6-4-3-5-7-10/h3-8H,2H2,1H3/b9-8+. The van der Waals surface area contributed by atoms with Crippen LogP contribution in [0.5, 0.6) is 0 Å². The molecule has 0 atom stereocenters. The molecule has 0 aliphatic carbocycles. The maximum atomic E-state index is 10.7. The number of carbonyl (C=O) groups excluding carboxylic acids is 1. The summed E-state index contributed by atoms with van der Waals surface area (Å²) in [6.07, 6.45) is 2.28. The van der Waals surface area contributed by atoms with E-state index < -0.39 is 5.24 Å². The number of allylic oxidation sites excluding steroid dienone is 2. The maximum absolute atomic E-state index is 10.7. The average molecular weight is 195 g/mol. The number of hydrogen-bond donors (Lipinski definition) is 0. The number of hydrogen-bond acceptors (Lipinski definition) is 1. The van der Waals surface area contributed by atoms with Gasteiger partial charge in [-0.3, -0.25) is 4.79 Å². The Hall–Kier alpha value is -1.08. The van der Waals surface area contributed by atoms with E-state index in [0.717, 1.165) is 17.6 Å². The smallest absolute Gasteiger partial charge is 0.245 e. The van der Waals surface area contributed by atoms with Crippen molar-refractivity contribution in [3.05, 3.63) is 42.0 Å². The minimum atomic E-state index is -0.416. The van der Waals surface area contributed by atoms with Crippen molar-refractivity contribution < 1.29 is 4.79 Å². The highest BCUT2D eigenvalue weighted by Crippen LogP contribution is 2.17. The number of rotatable bonds is 3.